The van der Waals surface area contributed by atoms with Crippen molar-refractivity contribution in [1.82, 2.24) is 0 Å². The van der Waals surface area contributed by atoms with Crippen molar-refractivity contribution >= 4 is 27.3 Å². The molecule has 0 fully saturated rings. The van der Waals surface area contributed by atoms with Gasteiger partial charge in [0.1, 0.15) is 5.75 Å². The summed E-state index contributed by atoms with van der Waals surface area (Å²) in [5, 5.41) is 2.70. The smallest absolute Gasteiger partial charge is 0.265 e. The fraction of sp³-hybridized carbons (Fsp3) is 0.235. The largest absolute Gasteiger partial charge is 0.479 e. The van der Waals surface area contributed by atoms with Crippen LogP contribution in [0.1, 0.15) is 12.5 Å². The molecule has 0 aliphatic carbocycles. The number of rotatable bonds is 3. The van der Waals surface area contributed by atoms with Crippen LogP contribution in [0.4, 0.5) is 11.4 Å². The van der Waals surface area contributed by atoms with Crippen LogP contribution in [0.25, 0.3) is 0 Å². The summed E-state index contributed by atoms with van der Waals surface area (Å²) < 4.78 is 44.2. The van der Waals surface area contributed by atoms with E-state index < -0.39 is 16.1 Å². The lowest BCUT2D eigenvalue weighted by Crippen LogP contribution is -2.34. The molecule has 0 radical (unpaired) electrons. The Morgan fingerprint density at radius 3 is 2.69 bits per heavy atom. The summed E-state index contributed by atoms with van der Waals surface area (Å²) in [5.41, 5.74) is 1.29. The van der Waals surface area contributed by atoms with E-state index in [4.69, 9.17) is 14.2 Å². The number of hydrogen-bond donors (Lipinski definition) is 2. The average molecular weight is 376 g/mol. The monoisotopic (exact) mass is 376 g/mol. The van der Waals surface area contributed by atoms with Gasteiger partial charge in [-0.25, -0.2) is 8.42 Å². The maximum Gasteiger partial charge on any atom is 0.265 e. The van der Waals surface area contributed by atoms with Gasteiger partial charge in [-0.15, -0.1) is 0 Å². The van der Waals surface area contributed by atoms with Crippen molar-refractivity contribution in [2.75, 3.05) is 16.8 Å². The molecule has 0 saturated heterocycles. The zero-order valence-electron chi connectivity index (χ0n) is 14.0. The summed E-state index contributed by atoms with van der Waals surface area (Å²) in [4.78, 5) is 11.8. The number of benzene rings is 2. The molecular formula is C17H16N2O6S. The third-order valence-electron chi connectivity index (χ3n) is 4.12. The summed E-state index contributed by atoms with van der Waals surface area (Å²) in [6.07, 6.45) is -0.692. The Kier molecular flexibility index (Phi) is 3.69. The number of sulfonamides is 1. The van der Waals surface area contributed by atoms with Crippen molar-refractivity contribution in [3.63, 3.8) is 0 Å². The molecule has 9 heteroatoms. The highest BCUT2D eigenvalue weighted by Crippen LogP contribution is 2.37. The summed E-state index contributed by atoms with van der Waals surface area (Å²) in [5.74, 6) is 1.09. The highest BCUT2D eigenvalue weighted by Gasteiger charge is 2.27. The first-order valence-corrected chi connectivity index (χ1v) is 9.36. The van der Waals surface area contributed by atoms with Crippen LogP contribution in [0, 0.1) is 6.92 Å². The second kappa shape index (κ2) is 5.80. The lowest BCUT2D eigenvalue weighted by Gasteiger charge is -2.24. The van der Waals surface area contributed by atoms with Crippen LogP contribution in [-0.2, 0) is 14.8 Å². The summed E-state index contributed by atoms with van der Waals surface area (Å²) in [7, 11) is -3.86. The molecule has 4 rings (SSSR count). The minimum Gasteiger partial charge on any atom is -0.479 e. The van der Waals surface area contributed by atoms with E-state index in [0.29, 0.717) is 34.2 Å². The molecule has 8 nitrogen and oxygen atoms in total. The van der Waals surface area contributed by atoms with Gasteiger partial charge >= 0.3 is 0 Å². The molecule has 1 unspecified atom stereocenters. The Morgan fingerprint density at radius 1 is 1.12 bits per heavy atom. The van der Waals surface area contributed by atoms with E-state index in [9.17, 15) is 13.2 Å². The molecule has 2 heterocycles. The maximum absolute atomic E-state index is 12.8. The van der Waals surface area contributed by atoms with Crippen molar-refractivity contribution in [2.45, 2.75) is 24.8 Å². The van der Waals surface area contributed by atoms with Gasteiger partial charge in [0.15, 0.2) is 17.6 Å². The van der Waals surface area contributed by atoms with E-state index in [1.807, 2.05) is 0 Å². The van der Waals surface area contributed by atoms with Gasteiger partial charge in [-0.2, -0.15) is 0 Å². The predicted octanol–water partition coefficient (Wildman–Crippen LogP) is 2.24. The van der Waals surface area contributed by atoms with Gasteiger partial charge in [-0.3, -0.25) is 9.52 Å². The van der Waals surface area contributed by atoms with Crippen LogP contribution >= 0.6 is 0 Å². The Labute approximate surface area is 150 Å². The number of anilines is 2. The van der Waals surface area contributed by atoms with E-state index in [-0.39, 0.29) is 17.6 Å². The van der Waals surface area contributed by atoms with Gasteiger partial charge in [0.2, 0.25) is 6.79 Å². The summed E-state index contributed by atoms with van der Waals surface area (Å²) in [6, 6.07) is 7.79. The standard InChI is InChI=1S/C17H16N2O6S/c1-9-5-12-14(25-10(2)17(20)18-12)7-16(9)26(21,22)19-11-3-4-13-15(6-11)24-8-23-13/h3-7,10,19H,8H2,1-2H3,(H,18,20). The normalized spacial score (nSPS) is 17.9. The van der Waals surface area contributed by atoms with Crippen LogP contribution in [0.5, 0.6) is 17.2 Å². The molecule has 2 aliphatic rings. The van der Waals surface area contributed by atoms with Crippen molar-refractivity contribution in [2.24, 2.45) is 0 Å². The van der Waals surface area contributed by atoms with E-state index in [1.54, 1.807) is 38.1 Å². The van der Waals surface area contributed by atoms with Crippen molar-refractivity contribution in [1.29, 1.82) is 0 Å². The average Bonchev–Trinajstić information content (AvgIpc) is 3.03. The second-order valence-corrected chi connectivity index (χ2v) is 7.69. The number of hydrogen-bond acceptors (Lipinski definition) is 6. The number of fused-ring (bicyclic) bond motifs is 2. The molecule has 0 saturated carbocycles. The number of nitrogens with one attached hydrogen (secondary N) is 2. The molecular weight excluding hydrogens is 360 g/mol. The molecule has 26 heavy (non-hydrogen) atoms. The molecule has 2 N–H and O–H groups in total. The van der Waals surface area contributed by atoms with Gasteiger partial charge in [0.25, 0.3) is 15.9 Å². The number of ether oxygens (including phenoxy) is 3. The van der Waals surface area contributed by atoms with Crippen molar-refractivity contribution in [3.05, 3.63) is 35.9 Å². The fourth-order valence-corrected chi connectivity index (χ4v) is 4.09. The minimum absolute atomic E-state index is 0.0669. The zero-order chi connectivity index (χ0) is 18.5. The molecule has 136 valence electrons. The molecule has 2 aromatic rings. The number of aryl methyl sites for hydroxylation is 1. The van der Waals surface area contributed by atoms with Gasteiger partial charge in [0, 0.05) is 12.1 Å². The molecule has 0 bridgehead atoms. The van der Waals surface area contributed by atoms with Crippen LogP contribution in [-0.4, -0.2) is 27.2 Å². The van der Waals surface area contributed by atoms with E-state index in [1.165, 1.54) is 6.07 Å². The third-order valence-corrected chi connectivity index (χ3v) is 5.65. The molecule has 1 atom stereocenters. The van der Waals surface area contributed by atoms with Gasteiger partial charge in [-0.05, 0) is 37.6 Å². The summed E-state index contributed by atoms with van der Waals surface area (Å²) >= 11 is 0. The Hall–Kier alpha value is -2.94. The van der Waals surface area contributed by atoms with E-state index in [0.717, 1.165) is 0 Å². The molecule has 1 amide bonds. The first-order valence-electron chi connectivity index (χ1n) is 7.88. The SMILES string of the molecule is Cc1cc2c(cc1S(=O)(=O)Nc1ccc3c(c1)OCO3)OC(C)C(=O)N2. The van der Waals surface area contributed by atoms with Crippen LogP contribution in [0.3, 0.4) is 0 Å². The molecule has 0 aromatic heterocycles. The topological polar surface area (TPSA) is 103 Å². The van der Waals surface area contributed by atoms with E-state index in [2.05, 4.69) is 10.0 Å². The quantitative estimate of drug-likeness (QED) is 0.852. The van der Waals surface area contributed by atoms with Crippen LogP contribution in [0.2, 0.25) is 0 Å². The molecule has 2 aliphatic heterocycles. The van der Waals surface area contributed by atoms with Gasteiger partial charge in [-0.1, -0.05) is 0 Å². The highest BCUT2D eigenvalue weighted by atomic mass is 32.2. The van der Waals surface area contributed by atoms with E-state index >= 15 is 0 Å². The van der Waals surface area contributed by atoms with Gasteiger partial charge in [0.05, 0.1) is 16.3 Å². The summed E-state index contributed by atoms with van der Waals surface area (Å²) in [6.45, 7) is 3.35. The Morgan fingerprint density at radius 2 is 1.88 bits per heavy atom. The number of carbonyl (C=O) groups is 1. The molecule has 2 aromatic carbocycles. The maximum atomic E-state index is 12.8. The third kappa shape index (κ3) is 2.80. The van der Waals surface area contributed by atoms with Gasteiger partial charge < -0.3 is 19.5 Å². The number of amides is 1. The van der Waals surface area contributed by atoms with Crippen molar-refractivity contribution in [3.8, 4) is 17.2 Å². The number of carbonyl (C=O) groups excluding carboxylic acids is 1. The first-order chi connectivity index (χ1) is 12.3. The van der Waals surface area contributed by atoms with Crippen molar-refractivity contribution < 1.29 is 27.4 Å². The zero-order valence-corrected chi connectivity index (χ0v) is 14.8. The minimum atomic E-state index is -3.86. The second-order valence-electron chi connectivity index (χ2n) is 6.04. The lowest BCUT2D eigenvalue weighted by atomic mass is 10.1. The lowest BCUT2D eigenvalue weighted by molar-refractivity contribution is -0.122. The van der Waals surface area contributed by atoms with Crippen LogP contribution in [0.15, 0.2) is 35.2 Å². The first kappa shape index (κ1) is 16.5. The Balaban J connectivity index is 1.68. The fourth-order valence-electron chi connectivity index (χ4n) is 2.80. The van der Waals surface area contributed by atoms with Crippen LogP contribution < -0.4 is 24.2 Å². The molecule has 0 spiro atoms. The highest BCUT2D eigenvalue weighted by molar-refractivity contribution is 7.92. The Bertz CT molecular complexity index is 1020. The predicted molar refractivity (Wildman–Crippen MR) is 93.3 cm³/mol.